The van der Waals surface area contributed by atoms with Crippen molar-refractivity contribution in [2.24, 2.45) is 0 Å². The van der Waals surface area contributed by atoms with Crippen LogP contribution in [0.2, 0.25) is 0 Å². The zero-order chi connectivity index (χ0) is 20.8. The lowest BCUT2D eigenvalue weighted by Crippen LogP contribution is -2.01. The standard InChI is InChI=1S/C22H20N2O4S/c1-15(2)17-6-8-18(9-7-17)22-23-19(14-29-22)13-28-21(25)12-5-16-3-10-20(11-4-16)24(26)27/h3-12,14-15H,13H2,1-2H3/b12-5+. The summed E-state index contributed by atoms with van der Waals surface area (Å²) < 4.78 is 5.22. The number of carbonyl (C=O) groups excluding carboxylic acids is 1. The largest absolute Gasteiger partial charge is 0.456 e. The predicted octanol–water partition coefficient (Wildman–Crippen LogP) is 5.60. The molecule has 0 amide bonds. The highest BCUT2D eigenvalue weighted by molar-refractivity contribution is 7.13. The van der Waals surface area contributed by atoms with Gasteiger partial charge in [-0.05, 0) is 35.3 Å². The molecule has 0 saturated heterocycles. The number of non-ortho nitro benzene ring substituents is 1. The zero-order valence-electron chi connectivity index (χ0n) is 16.1. The molecular weight excluding hydrogens is 388 g/mol. The van der Waals surface area contributed by atoms with E-state index in [4.69, 9.17) is 4.74 Å². The van der Waals surface area contributed by atoms with Crippen LogP contribution < -0.4 is 0 Å². The van der Waals surface area contributed by atoms with E-state index in [2.05, 4.69) is 43.1 Å². The number of esters is 1. The molecule has 0 radical (unpaired) electrons. The normalized spacial score (nSPS) is 11.1. The van der Waals surface area contributed by atoms with Gasteiger partial charge in [0.15, 0.2) is 0 Å². The van der Waals surface area contributed by atoms with Crippen LogP contribution in [0.15, 0.2) is 60.0 Å². The molecule has 1 heterocycles. The van der Waals surface area contributed by atoms with Crippen LogP contribution in [0, 0.1) is 10.1 Å². The minimum absolute atomic E-state index is 0.00269. The molecular formula is C22H20N2O4S. The minimum atomic E-state index is -0.501. The average Bonchev–Trinajstić information content (AvgIpc) is 3.20. The first-order valence-electron chi connectivity index (χ1n) is 9.06. The molecule has 0 spiro atoms. The molecule has 6 nitrogen and oxygen atoms in total. The van der Waals surface area contributed by atoms with Crippen LogP contribution in [0.4, 0.5) is 5.69 Å². The van der Waals surface area contributed by atoms with Gasteiger partial charge in [-0.1, -0.05) is 38.1 Å². The Morgan fingerprint density at radius 1 is 1.17 bits per heavy atom. The van der Waals surface area contributed by atoms with Crippen LogP contribution in [0.25, 0.3) is 16.6 Å². The van der Waals surface area contributed by atoms with E-state index in [-0.39, 0.29) is 12.3 Å². The maximum absolute atomic E-state index is 11.9. The monoisotopic (exact) mass is 408 g/mol. The first-order chi connectivity index (χ1) is 13.9. The summed E-state index contributed by atoms with van der Waals surface area (Å²) in [5.41, 5.74) is 3.68. The lowest BCUT2D eigenvalue weighted by molar-refractivity contribution is -0.384. The smallest absolute Gasteiger partial charge is 0.331 e. The third kappa shape index (κ3) is 5.58. The van der Waals surface area contributed by atoms with Crippen molar-refractivity contribution in [3.63, 3.8) is 0 Å². The second-order valence-corrected chi connectivity index (χ2v) is 7.57. The quantitative estimate of drug-likeness (QED) is 0.220. The first kappa shape index (κ1) is 20.4. The fourth-order valence-electron chi connectivity index (χ4n) is 2.58. The number of nitro groups is 1. The number of thiazole rings is 1. The molecule has 1 aromatic heterocycles. The van der Waals surface area contributed by atoms with Crippen molar-refractivity contribution in [1.29, 1.82) is 0 Å². The summed E-state index contributed by atoms with van der Waals surface area (Å²) in [6.07, 6.45) is 2.84. The Balaban J connectivity index is 1.54. The number of aromatic nitrogens is 1. The van der Waals surface area contributed by atoms with E-state index in [1.54, 1.807) is 18.2 Å². The molecule has 148 valence electrons. The number of nitrogens with zero attached hydrogens (tertiary/aromatic N) is 2. The molecule has 0 bridgehead atoms. The number of carbonyl (C=O) groups is 1. The van der Waals surface area contributed by atoms with Crippen molar-refractivity contribution < 1.29 is 14.5 Å². The lowest BCUT2D eigenvalue weighted by Gasteiger charge is -2.05. The molecule has 0 N–H and O–H groups in total. The van der Waals surface area contributed by atoms with Gasteiger partial charge in [-0.2, -0.15) is 0 Å². The average molecular weight is 408 g/mol. The summed E-state index contributed by atoms with van der Waals surface area (Å²) in [4.78, 5) is 26.6. The summed E-state index contributed by atoms with van der Waals surface area (Å²) in [5.74, 6) is -0.0198. The van der Waals surface area contributed by atoms with E-state index in [1.807, 2.05) is 5.38 Å². The number of benzene rings is 2. The van der Waals surface area contributed by atoms with Crippen molar-refractivity contribution in [3.8, 4) is 10.6 Å². The molecule has 0 aliphatic rings. The van der Waals surface area contributed by atoms with E-state index >= 15 is 0 Å². The number of nitro benzene ring substituents is 1. The molecule has 0 aliphatic heterocycles. The van der Waals surface area contributed by atoms with Gasteiger partial charge in [0, 0.05) is 29.2 Å². The summed E-state index contributed by atoms with van der Waals surface area (Å²) in [5, 5.41) is 13.4. The van der Waals surface area contributed by atoms with Gasteiger partial charge in [0.05, 0.1) is 10.6 Å². The highest BCUT2D eigenvalue weighted by Crippen LogP contribution is 2.26. The van der Waals surface area contributed by atoms with Gasteiger partial charge in [0.2, 0.25) is 0 Å². The zero-order valence-corrected chi connectivity index (χ0v) is 16.9. The Hall–Kier alpha value is -3.32. The third-order valence-corrected chi connectivity index (χ3v) is 5.19. The first-order valence-corrected chi connectivity index (χ1v) is 9.94. The number of rotatable bonds is 7. The maximum Gasteiger partial charge on any atom is 0.331 e. The van der Waals surface area contributed by atoms with Crippen molar-refractivity contribution >= 4 is 29.1 Å². The van der Waals surface area contributed by atoms with Crippen LogP contribution >= 0.6 is 11.3 Å². The summed E-state index contributed by atoms with van der Waals surface area (Å²) in [7, 11) is 0. The van der Waals surface area contributed by atoms with E-state index < -0.39 is 10.9 Å². The molecule has 3 rings (SSSR count). The Morgan fingerprint density at radius 3 is 2.48 bits per heavy atom. The van der Waals surface area contributed by atoms with Gasteiger partial charge in [0.1, 0.15) is 11.6 Å². The second kappa shape index (κ2) is 9.25. The van der Waals surface area contributed by atoms with Crippen molar-refractivity contribution in [2.75, 3.05) is 0 Å². The Bertz CT molecular complexity index is 1020. The van der Waals surface area contributed by atoms with Crippen molar-refractivity contribution in [3.05, 3.63) is 86.9 Å². The number of hydrogen-bond donors (Lipinski definition) is 0. The van der Waals surface area contributed by atoms with Gasteiger partial charge in [-0.25, -0.2) is 9.78 Å². The van der Waals surface area contributed by atoms with Crippen LogP contribution in [-0.2, 0) is 16.1 Å². The fraction of sp³-hybridized carbons (Fsp3) is 0.182. The van der Waals surface area contributed by atoms with E-state index in [9.17, 15) is 14.9 Å². The Morgan fingerprint density at radius 2 is 1.86 bits per heavy atom. The molecule has 3 aromatic rings. The van der Waals surface area contributed by atoms with Gasteiger partial charge in [-0.3, -0.25) is 10.1 Å². The predicted molar refractivity (Wildman–Crippen MR) is 114 cm³/mol. The molecule has 0 unspecified atom stereocenters. The second-order valence-electron chi connectivity index (χ2n) is 6.71. The fourth-order valence-corrected chi connectivity index (χ4v) is 3.39. The van der Waals surface area contributed by atoms with Crippen LogP contribution in [0.5, 0.6) is 0 Å². The van der Waals surface area contributed by atoms with Gasteiger partial charge < -0.3 is 4.74 Å². The number of hydrogen-bond acceptors (Lipinski definition) is 6. The van der Waals surface area contributed by atoms with Crippen LogP contribution in [0.3, 0.4) is 0 Å². The SMILES string of the molecule is CC(C)c1ccc(-c2nc(COC(=O)/C=C/c3ccc([N+](=O)[O-])cc3)cs2)cc1. The minimum Gasteiger partial charge on any atom is -0.456 e. The van der Waals surface area contributed by atoms with Crippen LogP contribution in [-0.4, -0.2) is 15.9 Å². The topological polar surface area (TPSA) is 82.3 Å². The third-order valence-electron chi connectivity index (χ3n) is 4.25. The van der Waals surface area contributed by atoms with Crippen molar-refractivity contribution in [2.45, 2.75) is 26.4 Å². The Labute approximate surface area is 172 Å². The van der Waals surface area contributed by atoms with Gasteiger partial charge in [-0.15, -0.1) is 11.3 Å². The van der Waals surface area contributed by atoms with E-state index in [1.165, 1.54) is 35.1 Å². The van der Waals surface area contributed by atoms with Gasteiger partial charge in [0.25, 0.3) is 5.69 Å². The van der Waals surface area contributed by atoms with Crippen LogP contribution in [0.1, 0.15) is 36.6 Å². The summed E-state index contributed by atoms with van der Waals surface area (Å²) in [6.45, 7) is 4.39. The summed E-state index contributed by atoms with van der Waals surface area (Å²) in [6, 6.07) is 14.2. The maximum atomic E-state index is 11.9. The lowest BCUT2D eigenvalue weighted by atomic mass is 10.0. The number of ether oxygens (including phenoxy) is 1. The molecule has 0 aliphatic carbocycles. The van der Waals surface area contributed by atoms with E-state index in [0.717, 1.165) is 10.6 Å². The highest BCUT2D eigenvalue weighted by atomic mass is 32.1. The molecule has 2 aromatic carbocycles. The van der Waals surface area contributed by atoms with Crippen molar-refractivity contribution in [1.82, 2.24) is 4.98 Å². The van der Waals surface area contributed by atoms with E-state index in [0.29, 0.717) is 17.2 Å². The molecule has 0 fully saturated rings. The summed E-state index contributed by atoms with van der Waals surface area (Å²) >= 11 is 1.51. The highest BCUT2D eigenvalue weighted by Gasteiger charge is 2.08. The Kier molecular flexibility index (Phi) is 6.51. The molecule has 29 heavy (non-hydrogen) atoms. The molecule has 7 heteroatoms. The van der Waals surface area contributed by atoms with Gasteiger partial charge >= 0.3 is 5.97 Å². The molecule has 0 saturated carbocycles. The molecule has 0 atom stereocenters.